The van der Waals surface area contributed by atoms with Crippen LogP contribution < -0.4 is 0 Å². The molecule has 1 aromatic carbocycles. The van der Waals surface area contributed by atoms with Crippen LogP contribution in [0.5, 0.6) is 0 Å². The Balaban J connectivity index is 1.53. The summed E-state index contributed by atoms with van der Waals surface area (Å²) in [7, 11) is 0. The fraction of sp³-hybridized carbons (Fsp3) is 0.240. The van der Waals surface area contributed by atoms with Gasteiger partial charge in [0.2, 0.25) is 0 Å². The minimum absolute atomic E-state index is 0.548. The third-order valence-electron chi connectivity index (χ3n) is 5.79. The molecule has 3 aromatic heterocycles. The lowest BCUT2D eigenvalue weighted by atomic mass is 10.0. The SMILES string of the molecule is Cc1cccc(-c2[nH]cnc2-c2ccc3ncc(C4=CCN(C(C)C)C4)cc3c2)n1. The van der Waals surface area contributed by atoms with Crippen molar-refractivity contribution in [2.24, 2.45) is 0 Å². The third kappa shape index (κ3) is 3.42. The highest BCUT2D eigenvalue weighted by molar-refractivity contribution is 5.89. The number of imidazole rings is 1. The number of hydrogen-bond acceptors (Lipinski definition) is 4. The highest BCUT2D eigenvalue weighted by Crippen LogP contribution is 2.31. The largest absolute Gasteiger partial charge is 0.343 e. The van der Waals surface area contributed by atoms with Crippen LogP contribution in [-0.2, 0) is 0 Å². The monoisotopic (exact) mass is 395 g/mol. The molecule has 0 unspecified atom stereocenters. The molecular weight excluding hydrogens is 370 g/mol. The Bertz CT molecular complexity index is 1250. The van der Waals surface area contributed by atoms with E-state index >= 15 is 0 Å². The minimum Gasteiger partial charge on any atom is -0.343 e. The van der Waals surface area contributed by atoms with Gasteiger partial charge in [-0.1, -0.05) is 18.2 Å². The van der Waals surface area contributed by atoms with Gasteiger partial charge in [0.05, 0.1) is 28.9 Å². The van der Waals surface area contributed by atoms with E-state index in [1.54, 1.807) is 6.33 Å². The molecule has 0 aliphatic carbocycles. The number of H-pyrrole nitrogens is 1. The first-order valence-corrected chi connectivity index (χ1v) is 10.4. The lowest BCUT2D eigenvalue weighted by Gasteiger charge is -2.20. The van der Waals surface area contributed by atoms with E-state index in [2.05, 4.69) is 64.0 Å². The molecule has 1 aliphatic heterocycles. The number of nitrogens with zero attached hydrogens (tertiary/aromatic N) is 4. The van der Waals surface area contributed by atoms with Crippen molar-refractivity contribution < 1.29 is 0 Å². The second kappa shape index (κ2) is 7.50. The summed E-state index contributed by atoms with van der Waals surface area (Å²) < 4.78 is 0. The molecule has 5 nitrogen and oxygen atoms in total. The Morgan fingerprint density at radius 1 is 1.03 bits per heavy atom. The molecular formula is C25H25N5. The zero-order chi connectivity index (χ0) is 20.7. The maximum Gasteiger partial charge on any atom is 0.0977 e. The molecule has 0 amide bonds. The summed E-state index contributed by atoms with van der Waals surface area (Å²) in [6.07, 6.45) is 6.05. The Morgan fingerprint density at radius 2 is 1.90 bits per heavy atom. The summed E-state index contributed by atoms with van der Waals surface area (Å²) in [5, 5.41) is 1.13. The summed E-state index contributed by atoms with van der Waals surface area (Å²) in [6.45, 7) is 8.47. The molecule has 0 bridgehead atoms. The standard InChI is InChI=1S/C25H25N5/c1-16(2)30-10-9-19(14-30)21-12-20-11-18(7-8-22(20)26-13-21)24-25(28-15-27-24)23-6-4-5-17(3)29-23/h4-9,11-13,15-16H,10,14H2,1-3H3,(H,27,28). The van der Waals surface area contributed by atoms with Gasteiger partial charge in [-0.25, -0.2) is 4.98 Å². The summed E-state index contributed by atoms with van der Waals surface area (Å²) in [5.41, 5.74) is 8.34. The maximum atomic E-state index is 4.71. The third-order valence-corrected chi connectivity index (χ3v) is 5.79. The first-order chi connectivity index (χ1) is 14.6. The summed E-state index contributed by atoms with van der Waals surface area (Å²) >= 11 is 0. The maximum absolute atomic E-state index is 4.71. The molecule has 30 heavy (non-hydrogen) atoms. The van der Waals surface area contributed by atoms with E-state index in [-0.39, 0.29) is 0 Å². The van der Waals surface area contributed by atoms with Crippen molar-refractivity contribution in [3.05, 3.63) is 72.3 Å². The second-order valence-corrected chi connectivity index (χ2v) is 8.17. The fourth-order valence-corrected chi connectivity index (χ4v) is 4.02. The van der Waals surface area contributed by atoms with Crippen LogP contribution in [0.4, 0.5) is 0 Å². The van der Waals surface area contributed by atoms with Gasteiger partial charge in [0.1, 0.15) is 0 Å². The van der Waals surface area contributed by atoms with Gasteiger partial charge in [0, 0.05) is 42.0 Å². The number of nitrogens with one attached hydrogen (secondary N) is 1. The molecule has 0 saturated heterocycles. The van der Waals surface area contributed by atoms with Gasteiger partial charge in [-0.05, 0) is 62.2 Å². The molecule has 4 aromatic rings. The van der Waals surface area contributed by atoms with E-state index in [0.29, 0.717) is 6.04 Å². The van der Waals surface area contributed by atoms with Crippen LogP contribution in [-0.4, -0.2) is 44.0 Å². The Morgan fingerprint density at radius 3 is 2.70 bits per heavy atom. The first kappa shape index (κ1) is 18.7. The number of rotatable bonds is 4. The number of pyridine rings is 2. The van der Waals surface area contributed by atoms with Crippen LogP contribution in [0.15, 0.2) is 61.1 Å². The zero-order valence-corrected chi connectivity index (χ0v) is 17.6. The van der Waals surface area contributed by atoms with E-state index in [9.17, 15) is 0 Å². The highest BCUT2D eigenvalue weighted by Gasteiger charge is 2.18. The van der Waals surface area contributed by atoms with Crippen molar-refractivity contribution in [1.82, 2.24) is 24.8 Å². The molecule has 150 valence electrons. The number of benzene rings is 1. The minimum atomic E-state index is 0.548. The fourth-order valence-electron chi connectivity index (χ4n) is 4.02. The number of aromatic amines is 1. The van der Waals surface area contributed by atoms with Crippen LogP contribution in [0.1, 0.15) is 25.1 Å². The van der Waals surface area contributed by atoms with Crippen LogP contribution in [0.2, 0.25) is 0 Å². The Labute approximate surface area is 176 Å². The zero-order valence-electron chi connectivity index (χ0n) is 17.6. The van der Waals surface area contributed by atoms with Crippen molar-refractivity contribution in [3.63, 3.8) is 0 Å². The normalized spacial score (nSPS) is 14.6. The summed E-state index contributed by atoms with van der Waals surface area (Å²) in [5.74, 6) is 0. The molecule has 5 heteroatoms. The predicted molar refractivity (Wildman–Crippen MR) is 122 cm³/mol. The van der Waals surface area contributed by atoms with Gasteiger partial charge in [-0.3, -0.25) is 14.9 Å². The van der Waals surface area contributed by atoms with Gasteiger partial charge in [-0.2, -0.15) is 0 Å². The van der Waals surface area contributed by atoms with Crippen molar-refractivity contribution >= 4 is 16.5 Å². The Hall–Kier alpha value is -3.31. The number of hydrogen-bond donors (Lipinski definition) is 1. The lowest BCUT2D eigenvalue weighted by Crippen LogP contribution is -2.28. The molecule has 0 saturated carbocycles. The van der Waals surface area contributed by atoms with Crippen molar-refractivity contribution in [1.29, 1.82) is 0 Å². The lowest BCUT2D eigenvalue weighted by molar-refractivity contribution is 0.290. The van der Waals surface area contributed by atoms with Crippen LogP contribution in [0, 0.1) is 6.92 Å². The van der Waals surface area contributed by atoms with Crippen LogP contribution in [0.25, 0.3) is 39.1 Å². The Kier molecular flexibility index (Phi) is 4.68. The molecule has 0 spiro atoms. The van der Waals surface area contributed by atoms with Gasteiger partial charge in [0.15, 0.2) is 0 Å². The van der Waals surface area contributed by atoms with Gasteiger partial charge >= 0.3 is 0 Å². The van der Waals surface area contributed by atoms with Gasteiger partial charge in [0.25, 0.3) is 0 Å². The van der Waals surface area contributed by atoms with Crippen molar-refractivity contribution in [3.8, 4) is 22.6 Å². The van der Waals surface area contributed by atoms with E-state index in [1.165, 1.54) is 11.1 Å². The van der Waals surface area contributed by atoms with E-state index in [0.717, 1.165) is 52.3 Å². The highest BCUT2D eigenvalue weighted by atomic mass is 15.2. The van der Waals surface area contributed by atoms with E-state index < -0.39 is 0 Å². The molecule has 1 N–H and O–H groups in total. The molecule has 0 atom stereocenters. The van der Waals surface area contributed by atoms with Crippen LogP contribution in [0.3, 0.4) is 0 Å². The molecule has 1 aliphatic rings. The molecule has 4 heterocycles. The topological polar surface area (TPSA) is 57.7 Å². The number of aromatic nitrogens is 4. The quantitative estimate of drug-likeness (QED) is 0.522. The predicted octanol–water partition coefficient (Wildman–Crippen LogP) is 5.10. The van der Waals surface area contributed by atoms with Crippen LogP contribution >= 0.6 is 0 Å². The first-order valence-electron chi connectivity index (χ1n) is 10.4. The van der Waals surface area contributed by atoms with Crippen molar-refractivity contribution in [2.45, 2.75) is 26.8 Å². The van der Waals surface area contributed by atoms with E-state index in [1.807, 2.05) is 31.3 Å². The average molecular weight is 396 g/mol. The second-order valence-electron chi connectivity index (χ2n) is 8.17. The average Bonchev–Trinajstić information content (AvgIpc) is 3.43. The molecule has 0 radical (unpaired) electrons. The molecule has 0 fully saturated rings. The smallest absolute Gasteiger partial charge is 0.0977 e. The van der Waals surface area contributed by atoms with E-state index in [4.69, 9.17) is 4.98 Å². The summed E-state index contributed by atoms with van der Waals surface area (Å²) in [6, 6.07) is 15.2. The van der Waals surface area contributed by atoms with Crippen molar-refractivity contribution in [2.75, 3.05) is 13.1 Å². The number of fused-ring (bicyclic) bond motifs is 1. The summed E-state index contributed by atoms with van der Waals surface area (Å²) in [4.78, 5) is 19.7. The number of aryl methyl sites for hydroxylation is 1. The van der Waals surface area contributed by atoms with Gasteiger partial charge < -0.3 is 4.98 Å². The molecule has 5 rings (SSSR count). The van der Waals surface area contributed by atoms with Gasteiger partial charge in [-0.15, -0.1) is 0 Å².